The Morgan fingerprint density at radius 1 is 1.23 bits per heavy atom. The van der Waals surface area contributed by atoms with Crippen molar-refractivity contribution in [1.82, 2.24) is 0 Å². The lowest BCUT2D eigenvalue weighted by atomic mass is 10.00. The highest BCUT2D eigenvalue weighted by Crippen LogP contribution is 2.35. The van der Waals surface area contributed by atoms with Crippen molar-refractivity contribution in [2.24, 2.45) is 0 Å². The number of hydrogen-bond donors (Lipinski definition) is 0. The zero-order chi connectivity index (χ0) is 9.42. The minimum atomic E-state index is 0.587. The van der Waals surface area contributed by atoms with Crippen molar-refractivity contribution < 1.29 is 0 Å². The zero-order valence-electron chi connectivity index (χ0n) is 8.29. The van der Waals surface area contributed by atoms with Crippen LogP contribution in [0.2, 0.25) is 0 Å². The van der Waals surface area contributed by atoms with E-state index in [9.17, 15) is 0 Å². The van der Waals surface area contributed by atoms with E-state index in [1.165, 1.54) is 21.6 Å². The maximum atomic E-state index is 2.29. The van der Waals surface area contributed by atoms with Crippen LogP contribution in [0.4, 0.5) is 0 Å². The first-order chi connectivity index (χ1) is 6.18. The Morgan fingerprint density at radius 3 is 2.77 bits per heavy atom. The van der Waals surface area contributed by atoms with Crippen molar-refractivity contribution >= 4 is 17.4 Å². The Morgan fingerprint density at radius 2 is 2.00 bits per heavy atom. The molecule has 0 fully saturated rings. The van der Waals surface area contributed by atoms with E-state index in [1.54, 1.807) is 0 Å². The van der Waals surface area contributed by atoms with Gasteiger partial charge in [0.1, 0.15) is 0 Å². The van der Waals surface area contributed by atoms with E-state index >= 15 is 0 Å². The molecule has 1 aromatic heterocycles. The summed E-state index contributed by atoms with van der Waals surface area (Å²) in [4.78, 5) is 1.51. The predicted octanol–water partition coefficient (Wildman–Crippen LogP) is 4.21. The van der Waals surface area contributed by atoms with E-state index in [4.69, 9.17) is 0 Å². The van der Waals surface area contributed by atoms with Gasteiger partial charge in [0.25, 0.3) is 0 Å². The molecule has 0 spiro atoms. The average Bonchev–Trinajstić information content (AvgIpc) is 2.47. The van der Waals surface area contributed by atoms with Crippen LogP contribution >= 0.6 is 11.3 Å². The minimum absolute atomic E-state index is 0.587. The summed E-state index contributed by atoms with van der Waals surface area (Å²) in [5.41, 5.74) is 4.24. The van der Waals surface area contributed by atoms with Gasteiger partial charge in [-0.15, -0.1) is 11.3 Å². The Bertz CT molecular complexity index is 380. The van der Waals surface area contributed by atoms with Crippen LogP contribution in [0.1, 0.15) is 37.1 Å². The molecule has 0 N–H and O–H groups in total. The highest BCUT2D eigenvalue weighted by atomic mass is 32.1. The largest absolute Gasteiger partial charge is 0.148 e. The van der Waals surface area contributed by atoms with Gasteiger partial charge in [-0.3, -0.25) is 0 Å². The van der Waals surface area contributed by atoms with Crippen molar-refractivity contribution in [3.05, 3.63) is 39.1 Å². The van der Waals surface area contributed by atoms with Gasteiger partial charge in [-0.1, -0.05) is 30.2 Å². The molecule has 0 radical (unpaired) electrons. The summed E-state index contributed by atoms with van der Waals surface area (Å²) in [5, 5.41) is 2.18. The third kappa shape index (κ3) is 1.49. The summed E-state index contributed by atoms with van der Waals surface area (Å²) < 4.78 is 0. The van der Waals surface area contributed by atoms with Crippen LogP contribution < -0.4 is 0 Å². The Labute approximate surface area is 83.6 Å². The lowest BCUT2D eigenvalue weighted by molar-refractivity contribution is 0.916. The summed E-state index contributed by atoms with van der Waals surface area (Å²) in [7, 11) is 0. The van der Waals surface area contributed by atoms with Gasteiger partial charge in [-0.05, 0) is 30.9 Å². The molecule has 1 aromatic rings. The molecule has 1 heteroatoms. The fourth-order valence-corrected chi connectivity index (χ4v) is 2.79. The Balaban J connectivity index is 2.59. The molecule has 1 aliphatic carbocycles. The molecule has 1 atom stereocenters. The van der Waals surface area contributed by atoms with Crippen LogP contribution in [-0.4, -0.2) is 0 Å². The van der Waals surface area contributed by atoms with Crippen LogP contribution in [-0.2, 0) is 0 Å². The molecule has 0 saturated heterocycles. The van der Waals surface area contributed by atoms with Gasteiger partial charge in [0.2, 0.25) is 0 Å². The molecule has 0 amide bonds. The van der Waals surface area contributed by atoms with Crippen molar-refractivity contribution in [3.8, 4) is 0 Å². The predicted molar refractivity (Wildman–Crippen MR) is 60.1 cm³/mol. The van der Waals surface area contributed by atoms with Crippen LogP contribution in [0.15, 0.2) is 28.7 Å². The Hall–Kier alpha value is -0.820. The number of hydrogen-bond acceptors (Lipinski definition) is 1. The molecule has 0 aliphatic heterocycles. The molecule has 68 valence electrons. The maximum absolute atomic E-state index is 2.29. The van der Waals surface area contributed by atoms with E-state index < -0.39 is 0 Å². The smallest absolute Gasteiger partial charge is 0.0186 e. The Kier molecular flexibility index (Phi) is 2.12. The fraction of sp³-hybridized carbons (Fsp3) is 0.333. The third-order valence-corrected chi connectivity index (χ3v) is 3.76. The standard InChI is InChI=1S/C12H14S/c1-8-6-9(2)10(3)12-11(7-8)4-5-13-12/h4-7,10H,1-3H3. The van der Waals surface area contributed by atoms with Gasteiger partial charge >= 0.3 is 0 Å². The summed E-state index contributed by atoms with van der Waals surface area (Å²) >= 11 is 1.87. The van der Waals surface area contributed by atoms with Gasteiger partial charge in [-0.2, -0.15) is 0 Å². The second-order valence-corrected chi connectivity index (χ2v) is 4.69. The molecular weight excluding hydrogens is 176 g/mol. The number of allylic oxidation sites excluding steroid dienone is 3. The number of rotatable bonds is 0. The van der Waals surface area contributed by atoms with E-state index in [0.717, 1.165) is 0 Å². The summed E-state index contributed by atoms with van der Waals surface area (Å²) in [6, 6.07) is 2.21. The second kappa shape index (κ2) is 3.15. The van der Waals surface area contributed by atoms with Crippen molar-refractivity contribution in [2.75, 3.05) is 0 Å². The van der Waals surface area contributed by atoms with Gasteiger partial charge in [0, 0.05) is 10.8 Å². The molecule has 1 aliphatic rings. The molecule has 13 heavy (non-hydrogen) atoms. The molecule has 1 heterocycles. The molecule has 1 unspecified atom stereocenters. The first-order valence-electron chi connectivity index (χ1n) is 4.62. The van der Waals surface area contributed by atoms with Gasteiger partial charge in [0.15, 0.2) is 0 Å². The monoisotopic (exact) mass is 190 g/mol. The molecule has 0 bridgehead atoms. The van der Waals surface area contributed by atoms with Crippen molar-refractivity contribution in [2.45, 2.75) is 26.7 Å². The summed E-state index contributed by atoms with van der Waals surface area (Å²) in [5.74, 6) is 0.587. The molecular formula is C12H14S. The van der Waals surface area contributed by atoms with Gasteiger partial charge in [0.05, 0.1) is 0 Å². The normalized spacial score (nSPS) is 21.6. The summed E-state index contributed by atoms with van der Waals surface area (Å²) in [6.45, 7) is 6.67. The lowest BCUT2D eigenvalue weighted by Gasteiger charge is -2.09. The molecule has 0 saturated carbocycles. The first kappa shape index (κ1) is 8.76. The first-order valence-corrected chi connectivity index (χ1v) is 5.50. The third-order valence-electron chi connectivity index (χ3n) is 2.64. The van der Waals surface area contributed by atoms with E-state index in [-0.39, 0.29) is 0 Å². The van der Waals surface area contributed by atoms with E-state index in [2.05, 4.69) is 44.4 Å². The van der Waals surface area contributed by atoms with Gasteiger partial charge < -0.3 is 0 Å². The maximum Gasteiger partial charge on any atom is 0.0186 e. The minimum Gasteiger partial charge on any atom is -0.148 e. The van der Waals surface area contributed by atoms with Gasteiger partial charge in [-0.25, -0.2) is 0 Å². The van der Waals surface area contributed by atoms with Crippen molar-refractivity contribution in [1.29, 1.82) is 0 Å². The SMILES string of the molecule is CC1=Cc2ccsc2C(C)C(C)=C1. The molecule has 2 rings (SSSR count). The van der Waals surface area contributed by atoms with Crippen LogP contribution in [0.25, 0.3) is 6.08 Å². The topological polar surface area (TPSA) is 0 Å². The lowest BCUT2D eigenvalue weighted by Crippen LogP contribution is -1.91. The number of fused-ring (bicyclic) bond motifs is 1. The van der Waals surface area contributed by atoms with E-state index in [1.807, 2.05) is 11.3 Å². The second-order valence-electron chi connectivity index (χ2n) is 3.74. The highest BCUT2D eigenvalue weighted by molar-refractivity contribution is 7.10. The van der Waals surface area contributed by atoms with Crippen molar-refractivity contribution in [3.63, 3.8) is 0 Å². The molecule has 0 nitrogen and oxygen atoms in total. The average molecular weight is 190 g/mol. The highest BCUT2D eigenvalue weighted by Gasteiger charge is 2.15. The summed E-state index contributed by atoms with van der Waals surface area (Å²) in [6.07, 6.45) is 4.57. The van der Waals surface area contributed by atoms with Crippen LogP contribution in [0.3, 0.4) is 0 Å². The number of thiophene rings is 1. The van der Waals surface area contributed by atoms with E-state index in [0.29, 0.717) is 5.92 Å². The fourth-order valence-electron chi connectivity index (χ4n) is 1.78. The van der Waals surface area contributed by atoms with Crippen LogP contribution in [0.5, 0.6) is 0 Å². The van der Waals surface area contributed by atoms with Crippen LogP contribution in [0, 0.1) is 0 Å². The quantitative estimate of drug-likeness (QED) is 0.574. The molecule has 0 aromatic carbocycles. The zero-order valence-corrected chi connectivity index (χ0v) is 9.11.